The molecule has 0 radical (unpaired) electrons. The first-order valence-electron chi connectivity index (χ1n) is 10.1. The van der Waals surface area contributed by atoms with Crippen LogP contribution in [-0.4, -0.2) is 5.11 Å². The van der Waals surface area contributed by atoms with Gasteiger partial charge in [0.05, 0.1) is 0 Å². The van der Waals surface area contributed by atoms with E-state index < -0.39 is 0 Å². The SMILES string of the molecule is CC(C)(C)c1cc(C2CC3CCC2(C)C3(C)C)c(O)c(C(C)(C)C)c1. The van der Waals surface area contributed by atoms with E-state index in [0.29, 0.717) is 22.5 Å². The van der Waals surface area contributed by atoms with E-state index in [1.54, 1.807) is 0 Å². The predicted molar refractivity (Wildman–Crippen MR) is 107 cm³/mol. The van der Waals surface area contributed by atoms with E-state index in [-0.39, 0.29) is 10.8 Å². The van der Waals surface area contributed by atoms with Crippen LogP contribution >= 0.6 is 0 Å². The maximum absolute atomic E-state index is 11.3. The van der Waals surface area contributed by atoms with Crippen molar-refractivity contribution in [3.63, 3.8) is 0 Å². The highest BCUT2D eigenvalue weighted by Gasteiger charge is 2.61. The van der Waals surface area contributed by atoms with Gasteiger partial charge in [0.15, 0.2) is 0 Å². The highest BCUT2D eigenvalue weighted by molar-refractivity contribution is 5.51. The summed E-state index contributed by atoms with van der Waals surface area (Å²) in [6.07, 6.45) is 3.87. The Morgan fingerprint density at radius 2 is 1.56 bits per heavy atom. The summed E-state index contributed by atoms with van der Waals surface area (Å²) in [4.78, 5) is 0. The summed E-state index contributed by atoms with van der Waals surface area (Å²) in [5, 5.41) is 11.3. The van der Waals surface area contributed by atoms with Gasteiger partial charge in [0.25, 0.3) is 0 Å². The molecule has 3 atom stereocenters. The van der Waals surface area contributed by atoms with Crippen LogP contribution in [0.5, 0.6) is 5.75 Å². The van der Waals surface area contributed by atoms with Gasteiger partial charge in [-0.1, -0.05) is 74.4 Å². The van der Waals surface area contributed by atoms with Crippen LogP contribution in [0.15, 0.2) is 12.1 Å². The normalized spacial score (nSPS) is 31.6. The Kier molecular flexibility index (Phi) is 3.96. The molecule has 0 saturated heterocycles. The van der Waals surface area contributed by atoms with Gasteiger partial charge in [0.1, 0.15) is 5.75 Å². The summed E-state index contributed by atoms with van der Waals surface area (Å²) in [7, 11) is 0. The van der Waals surface area contributed by atoms with Gasteiger partial charge in [-0.05, 0) is 69.4 Å². The molecular formula is C24H38O. The van der Waals surface area contributed by atoms with Crippen LogP contribution in [0.25, 0.3) is 0 Å². The maximum atomic E-state index is 11.3. The second-order valence-electron chi connectivity index (χ2n) is 11.6. The summed E-state index contributed by atoms with van der Waals surface area (Å²) in [6.45, 7) is 20.9. The number of rotatable bonds is 1. The molecule has 3 unspecified atom stereocenters. The zero-order valence-electron chi connectivity index (χ0n) is 17.9. The fraction of sp³-hybridized carbons (Fsp3) is 0.750. The van der Waals surface area contributed by atoms with Crippen molar-refractivity contribution in [1.29, 1.82) is 0 Å². The molecule has 1 N–H and O–H groups in total. The zero-order chi connectivity index (χ0) is 19.0. The first kappa shape index (κ1) is 18.8. The molecule has 1 heteroatoms. The summed E-state index contributed by atoms with van der Waals surface area (Å²) in [6, 6.07) is 4.58. The smallest absolute Gasteiger partial charge is 0.122 e. The molecule has 2 fully saturated rings. The standard InChI is InChI=1S/C24H38O/c1-21(2,3)16-12-17(20(25)19(14-16)22(4,5)6)18-13-15-10-11-24(18,9)23(15,7)8/h12,14-15,18,25H,10-11,13H2,1-9H3. The molecule has 2 aliphatic carbocycles. The van der Waals surface area contributed by atoms with Crippen molar-refractivity contribution in [3.05, 3.63) is 28.8 Å². The van der Waals surface area contributed by atoms with Crippen molar-refractivity contribution < 1.29 is 5.11 Å². The van der Waals surface area contributed by atoms with E-state index >= 15 is 0 Å². The summed E-state index contributed by atoms with van der Waals surface area (Å²) < 4.78 is 0. The third-order valence-corrected chi connectivity index (χ3v) is 7.98. The van der Waals surface area contributed by atoms with Crippen LogP contribution in [0.4, 0.5) is 0 Å². The number of aromatic hydroxyl groups is 1. The predicted octanol–water partition coefficient (Wildman–Crippen LogP) is 6.92. The van der Waals surface area contributed by atoms with E-state index in [4.69, 9.17) is 0 Å². The average molecular weight is 343 g/mol. The Balaban J connectivity index is 2.20. The van der Waals surface area contributed by atoms with Gasteiger partial charge in [-0.25, -0.2) is 0 Å². The molecule has 0 aromatic heterocycles. The van der Waals surface area contributed by atoms with Gasteiger partial charge in [0, 0.05) is 0 Å². The summed E-state index contributed by atoms with van der Waals surface area (Å²) in [5.41, 5.74) is 4.39. The van der Waals surface area contributed by atoms with Crippen molar-refractivity contribution in [2.75, 3.05) is 0 Å². The Bertz CT molecular complexity index is 683. The van der Waals surface area contributed by atoms with Crippen LogP contribution < -0.4 is 0 Å². The van der Waals surface area contributed by atoms with Crippen molar-refractivity contribution in [2.24, 2.45) is 16.7 Å². The van der Waals surface area contributed by atoms with Gasteiger partial charge in [-0.3, -0.25) is 0 Å². The zero-order valence-corrected chi connectivity index (χ0v) is 17.9. The number of benzene rings is 1. The number of phenolic OH excluding ortho intramolecular Hbond substituents is 1. The van der Waals surface area contributed by atoms with Crippen molar-refractivity contribution >= 4 is 0 Å². The minimum atomic E-state index is -0.0475. The van der Waals surface area contributed by atoms with E-state index in [1.807, 2.05) is 0 Å². The van der Waals surface area contributed by atoms with E-state index in [1.165, 1.54) is 30.4 Å². The number of hydrogen-bond acceptors (Lipinski definition) is 1. The fourth-order valence-electron chi connectivity index (χ4n) is 5.60. The molecule has 2 aliphatic rings. The van der Waals surface area contributed by atoms with E-state index in [9.17, 15) is 5.11 Å². The minimum absolute atomic E-state index is 0.0475. The topological polar surface area (TPSA) is 20.2 Å². The Labute approximate surface area is 155 Å². The third kappa shape index (κ3) is 2.64. The molecule has 2 bridgehead atoms. The second kappa shape index (κ2) is 5.27. The van der Waals surface area contributed by atoms with Gasteiger partial charge in [0.2, 0.25) is 0 Å². The van der Waals surface area contributed by atoms with Crippen molar-refractivity contribution in [2.45, 2.75) is 98.3 Å². The highest BCUT2D eigenvalue weighted by atomic mass is 16.3. The fourth-order valence-corrected chi connectivity index (χ4v) is 5.60. The lowest BCUT2D eigenvalue weighted by molar-refractivity contribution is 0.133. The van der Waals surface area contributed by atoms with Gasteiger partial charge in [-0.2, -0.15) is 0 Å². The van der Waals surface area contributed by atoms with Gasteiger partial charge >= 0.3 is 0 Å². The van der Waals surface area contributed by atoms with Crippen molar-refractivity contribution in [3.8, 4) is 5.75 Å². The Hall–Kier alpha value is -0.980. The van der Waals surface area contributed by atoms with Gasteiger partial charge in [-0.15, -0.1) is 0 Å². The van der Waals surface area contributed by atoms with E-state index in [0.717, 1.165) is 11.5 Å². The molecule has 0 aliphatic heterocycles. The average Bonchev–Trinajstić information content (AvgIpc) is 2.77. The molecular weight excluding hydrogens is 304 g/mol. The Morgan fingerprint density at radius 3 is 1.96 bits per heavy atom. The molecule has 25 heavy (non-hydrogen) atoms. The van der Waals surface area contributed by atoms with Crippen molar-refractivity contribution in [1.82, 2.24) is 0 Å². The van der Waals surface area contributed by atoms with Gasteiger partial charge < -0.3 is 5.11 Å². The highest BCUT2D eigenvalue weighted by Crippen LogP contribution is 2.71. The first-order chi connectivity index (χ1) is 11.2. The number of fused-ring (bicyclic) bond motifs is 2. The Morgan fingerprint density at radius 1 is 0.960 bits per heavy atom. The van der Waals surface area contributed by atoms with Crippen LogP contribution in [0.2, 0.25) is 0 Å². The molecule has 1 aromatic rings. The molecule has 3 rings (SSSR count). The molecule has 140 valence electrons. The quantitative estimate of drug-likeness (QED) is 0.587. The lowest BCUT2D eigenvalue weighted by Gasteiger charge is -2.40. The first-order valence-corrected chi connectivity index (χ1v) is 10.1. The monoisotopic (exact) mass is 342 g/mol. The largest absolute Gasteiger partial charge is 0.507 e. The van der Waals surface area contributed by atoms with Crippen LogP contribution in [-0.2, 0) is 10.8 Å². The molecule has 0 amide bonds. The van der Waals surface area contributed by atoms with E-state index in [2.05, 4.69) is 74.4 Å². The summed E-state index contributed by atoms with van der Waals surface area (Å²) in [5.74, 6) is 1.83. The second-order valence-corrected chi connectivity index (χ2v) is 11.6. The third-order valence-electron chi connectivity index (χ3n) is 7.98. The molecule has 1 aromatic carbocycles. The minimum Gasteiger partial charge on any atom is -0.507 e. The molecule has 0 spiro atoms. The molecule has 2 saturated carbocycles. The summed E-state index contributed by atoms with van der Waals surface area (Å²) >= 11 is 0. The molecule has 1 nitrogen and oxygen atoms in total. The van der Waals surface area contributed by atoms with Crippen LogP contribution in [0.1, 0.15) is 104 Å². The number of hydrogen-bond donors (Lipinski definition) is 1. The van der Waals surface area contributed by atoms with Crippen LogP contribution in [0.3, 0.4) is 0 Å². The lowest BCUT2D eigenvalue weighted by Crippen LogP contribution is -2.31. The van der Waals surface area contributed by atoms with Crippen LogP contribution in [0, 0.1) is 16.7 Å². The molecule has 0 heterocycles. The number of phenols is 1. The maximum Gasteiger partial charge on any atom is 0.122 e. The lowest BCUT2D eigenvalue weighted by atomic mass is 9.64.